The Morgan fingerprint density at radius 3 is 2.00 bits per heavy atom. The van der Waals surface area contributed by atoms with E-state index in [0.29, 0.717) is 32.6 Å². The molecular formula is C17H30N2O2. The predicted molar refractivity (Wildman–Crippen MR) is 83.8 cm³/mol. The Hall–Kier alpha value is -1.06. The van der Waals surface area contributed by atoms with Gasteiger partial charge >= 0.3 is 0 Å². The van der Waals surface area contributed by atoms with Crippen LogP contribution in [-0.2, 0) is 9.59 Å². The molecule has 0 atom stereocenters. The first kappa shape index (κ1) is 16.3. The Balaban J connectivity index is 1.72. The van der Waals surface area contributed by atoms with Crippen LogP contribution in [0.4, 0.5) is 0 Å². The maximum atomic E-state index is 12.3. The van der Waals surface area contributed by atoms with Crippen molar-refractivity contribution in [1.82, 2.24) is 9.80 Å². The first-order valence-corrected chi connectivity index (χ1v) is 8.45. The van der Waals surface area contributed by atoms with Crippen LogP contribution >= 0.6 is 0 Å². The van der Waals surface area contributed by atoms with Crippen LogP contribution in [0, 0.1) is 11.3 Å². The SMILES string of the molecule is CC(C)(C)C(=O)N1CCN(C(=O)CCC2CCCC2)CC1. The fourth-order valence-corrected chi connectivity index (χ4v) is 3.42. The summed E-state index contributed by atoms with van der Waals surface area (Å²) in [6.07, 6.45) is 7.04. The molecule has 0 N–H and O–H groups in total. The Morgan fingerprint density at radius 2 is 1.48 bits per heavy atom. The maximum Gasteiger partial charge on any atom is 0.228 e. The highest BCUT2D eigenvalue weighted by atomic mass is 16.2. The molecule has 1 saturated heterocycles. The molecule has 4 heteroatoms. The van der Waals surface area contributed by atoms with Gasteiger partial charge in [0.1, 0.15) is 0 Å². The number of carbonyl (C=O) groups excluding carboxylic acids is 2. The molecule has 4 nitrogen and oxygen atoms in total. The van der Waals surface area contributed by atoms with Crippen molar-refractivity contribution in [2.45, 2.75) is 59.3 Å². The molecule has 2 aliphatic rings. The summed E-state index contributed by atoms with van der Waals surface area (Å²) in [5.41, 5.74) is -0.325. The molecule has 1 saturated carbocycles. The molecule has 0 spiro atoms. The number of carbonyl (C=O) groups is 2. The zero-order valence-electron chi connectivity index (χ0n) is 13.9. The summed E-state index contributed by atoms with van der Waals surface area (Å²) in [5.74, 6) is 1.25. The van der Waals surface area contributed by atoms with E-state index < -0.39 is 0 Å². The van der Waals surface area contributed by atoms with Crippen LogP contribution in [0.15, 0.2) is 0 Å². The molecule has 2 fully saturated rings. The summed E-state index contributed by atoms with van der Waals surface area (Å²) in [6, 6.07) is 0. The highest BCUT2D eigenvalue weighted by Gasteiger charge is 2.30. The summed E-state index contributed by atoms with van der Waals surface area (Å²) in [4.78, 5) is 28.3. The molecule has 2 rings (SSSR count). The highest BCUT2D eigenvalue weighted by Crippen LogP contribution is 2.28. The van der Waals surface area contributed by atoms with E-state index in [1.165, 1.54) is 25.7 Å². The Bertz CT molecular complexity index is 373. The largest absolute Gasteiger partial charge is 0.339 e. The molecule has 1 heterocycles. The third-order valence-electron chi connectivity index (χ3n) is 4.80. The number of nitrogens with zero attached hydrogens (tertiary/aromatic N) is 2. The number of rotatable bonds is 3. The maximum absolute atomic E-state index is 12.3. The van der Waals surface area contributed by atoms with Gasteiger partial charge in [-0.05, 0) is 12.3 Å². The average molecular weight is 294 g/mol. The molecule has 0 aromatic heterocycles. The van der Waals surface area contributed by atoms with E-state index in [9.17, 15) is 9.59 Å². The summed E-state index contributed by atoms with van der Waals surface area (Å²) in [6.45, 7) is 8.63. The molecule has 0 unspecified atom stereocenters. The molecule has 0 aromatic rings. The van der Waals surface area contributed by atoms with Gasteiger partial charge in [0.05, 0.1) is 0 Å². The number of hydrogen-bond acceptors (Lipinski definition) is 2. The lowest BCUT2D eigenvalue weighted by atomic mass is 9.94. The van der Waals surface area contributed by atoms with Crippen molar-refractivity contribution >= 4 is 11.8 Å². The third kappa shape index (κ3) is 4.45. The second kappa shape index (κ2) is 6.80. The lowest BCUT2D eigenvalue weighted by Crippen LogP contribution is -2.53. The van der Waals surface area contributed by atoms with Crippen molar-refractivity contribution in [2.75, 3.05) is 26.2 Å². The van der Waals surface area contributed by atoms with Crippen molar-refractivity contribution in [3.8, 4) is 0 Å². The minimum absolute atomic E-state index is 0.195. The van der Waals surface area contributed by atoms with Crippen molar-refractivity contribution < 1.29 is 9.59 Å². The Kier molecular flexibility index (Phi) is 5.28. The minimum Gasteiger partial charge on any atom is -0.339 e. The molecule has 0 bridgehead atoms. The fraction of sp³-hybridized carbons (Fsp3) is 0.882. The van der Waals surface area contributed by atoms with Gasteiger partial charge in [0.25, 0.3) is 0 Å². The number of piperazine rings is 1. The topological polar surface area (TPSA) is 40.6 Å². The molecule has 21 heavy (non-hydrogen) atoms. The summed E-state index contributed by atoms with van der Waals surface area (Å²) >= 11 is 0. The molecule has 120 valence electrons. The van der Waals surface area contributed by atoms with E-state index in [-0.39, 0.29) is 17.2 Å². The van der Waals surface area contributed by atoms with E-state index in [1.807, 2.05) is 30.6 Å². The average Bonchev–Trinajstić information content (AvgIpc) is 2.96. The lowest BCUT2D eigenvalue weighted by Gasteiger charge is -2.37. The van der Waals surface area contributed by atoms with Crippen LogP contribution < -0.4 is 0 Å². The van der Waals surface area contributed by atoms with Gasteiger partial charge in [0.15, 0.2) is 0 Å². The second-order valence-electron chi connectivity index (χ2n) is 7.61. The Morgan fingerprint density at radius 1 is 0.952 bits per heavy atom. The summed E-state index contributed by atoms with van der Waals surface area (Å²) < 4.78 is 0. The highest BCUT2D eigenvalue weighted by molar-refractivity contribution is 5.82. The van der Waals surface area contributed by atoms with Gasteiger partial charge in [-0.15, -0.1) is 0 Å². The van der Waals surface area contributed by atoms with Crippen LogP contribution in [-0.4, -0.2) is 47.8 Å². The third-order valence-corrected chi connectivity index (χ3v) is 4.80. The van der Waals surface area contributed by atoms with E-state index in [1.54, 1.807) is 0 Å². The molecular weight excluding hydrogens is 264 g/mol. The van der Waals surface area contributed by atoms with Gasteiger partial charge < -0.3 is 9.80 Å². The molecule has 1 aliphatic heterocycles. The molecule has 0 radical (unpaired) electrons. The van der Waals surface area contributed by atoms with Crippen molar-refractivity contribution in [2.24, 2.45) is 11.3 Å². The quantitative estimate of drug-likeness (QED) is 0.803. The normalized spacial score (nSPS) is 20.9. The van der Waals surface area contributed by atoms with Crippen LogP contribution in [0.3, 0.4) is 0 Å². The second-order valence-corrected chi connectivity index (χ2v) is 7.61. The van der Waals surface area contributed by atoms with Crippen molar-refractivity contribution in [3.63, 3.8) is 0 Å². The zero-order valence-corrected chi connectivity index (χ0v) is 13.9. The van der Waals surface area contributed by atoms with Gasteiger partial charge in [0.2, 0.25) is 11.8 Å². The van der Waals surface area contributed by atoms with Crippen molar-refractivity contribution in [1.29, 1.82) is 0 Å². The van der Waals surface area contributed by atoms with Gasteiger partial charge in [-0.2, -0.15) is 0 Å². The van der Waals surface area contributed by atoms with Crippen LogP contribution in [0.1, 0.15) is 59.3 Å². The smallest absolute Gasteiger partial charge is 0.228 e. The van der Waals surface area contributed by atoms with E-state index in [2.05, 4.69) is 0 Å². The molecule has 2 amide bonds. The Labute approximate surface area is 128 Å². The van der Waals surface area contributed by atoms with E-state index in [4.69, 9.17) is 0 Å². The van der Waals surface area contributed by atoms with Crippen LogP contribution in [0.2, 0.25) is 0 Å². The minimum atomic E-state index is -0.325. The van der Waals surface area contributed by atoms with Gasteiger partial charge in [-0.25, -0.2) is 0 Å². The van der Waals surface area contributed by atoms with Crippen LogP contribution in [0.5, 0.6) is 0 Å². The lowest BCUT2D eigenvalue weighted by molar-refractivity contribution is -0.145. The molecule has 1 aliphatic carbocycles. The van der Waals surface area contributed by atoms with E-state index in [0.717, 1.165) is 12.3 Å². The zero-order chi connectivity index (χ0) is 15.5. The molecule has 0 aromatic carbocycles. The predicted octanol–water partition coefficient (Wildman–Crippen LogP) is 2.67. The fourth-order valence-electron chi connectivity index (χ4n) is 3.42. The van der Waals surface area contributed by atoms with Crippen LogP contribution in [0.25, 0.3) is 0 Å². The monoisotopic (exact) mass is 294 g/mol. The summed E-state index contributed by atoms with van der Waals surface area (Å²) in [7, 11) is 0. The first-order valence-electron chi connectivity index (χ1n) is 8.45. The van der Waals surface area contributed by atoms with Gasteiger partial charge in [-0.3, -0.25) is 9.59 Å². The van der Waals surface area contributed by atoms with Gasteiger partial charge in [0, 0.05) is 38.0 Å². The number of hydrogen-bond donors (Lipinski definition) is 0. The van der Waals surface area contributed by atoms with E-state index >= 15 is 0 Å². The standard InChI is InChI=1S/C17H30N2O2/c1-17(2,3)16(21)19-12-10-18(11-13-19)15(20)9-8-14-6-4-5-7-14/h14H,4-13H2,1-3H3. The summed E-state index contributed by atoms with van der Waals surface area (Å²) in [5, 5.41) is 0. The van der Waals surface area contributed by atoms with Crippen molar-refractivity contribution in [3.05, 3.63) is 0 Å². The first-order chi connectivity index (χ1) is 9.88. The van der Waals surface area contributed by atoms with Gasteiger partial charge in [-0.1, -0.05) is 46.5 Å². The number of amides is 2.